The van der Waals surface area contributed by atoms with Gasteiger partial charge in [-0.1, -0.05) is 13.8 Å². The summed E-state index contributed by atoms with van der Waals surface area (Å²) in [5, 5.41) is 15.1. The highest BCUT2D eigenvalue weighted by Crippen LogP contribution is 2.13. The Balaban J connectivity index is 2.62. The van der Waals surface area contributed by atoms with Crippen LogP contribution in [0.2, 0.25) is 0 Å². The molecule has 2 amide bonds. The van der Waals surface area contributed by atoms with Gasteiger partial charge in [0.2, 0.25) is 0 Å². The van der Waals surface area contributed by atoms with E-state index in [0.29, 0.717) is 13.0 Å². The lowest BCUT2D eigenvalue weighted by molar-refractivity contribution is -0.139. The van der Waals surface area contributed by atoms with E-state index in [4.69, 9.17) is 0 Å². The summed E-state index contributed by atoms with van der Waals surface area (Å²) in [6, 6.07) is -0.861. The van der Waals surface area contributed by atoms with Gasteiger partial charge in [-0.25, -0.2) is 9.59 Å². The van der Waals surface area contributed by atoms with Crippen LogP contribution in [-0.2, 0) is 4.79 Å². The van der Waals surface area contributed by atoms with Crippen LogP contribution in [0.1, 0.15) is 40.0 Å². The number of carbonyl (C=O) groups is 2. The van der Waals surface area contributed by atoms with Gasteiger partial charge in [-0.15, -0.1) is 0 Å². The van der Waals surface area contributed by atoms with Gasteiger partial charge in [0.05, 0.1) is 0 Å². The minimum atomic E-state index is -0.964. The molecule has 116 valence electrons. The van der Waals surface area contributed by atoms with Crippen molar-refractivity contribution in [2.75, 3.05) is 19.6 Å². The van der Waals surface area contributed by atoms with E-state index in [-0.39, 0.29) is 18.0 Å². The van der Waals surface area contributed by atoms with Gasteiger partial charge >= 0.3 is 12.0 Å². The van der Waals surface area contributed by atoms with Gasteiger partial charge in [0, 0.05) is 12.6 Å². The molecule has 0 aromatic heterocycles. The smallest absolute Gasteiger partial charge is 0.326 e. The van der Waals surface area contributed by atoms with Crippen LogP contribution < -0.4 is 10.6 Å². The first kappa shape index (κ1) is 16.8. The molecule has 1 aliphatic heterocycles. The normalized spacial score (nSPS) is 17.8. The van der Waals surface area contributed by atoms with Crippen molar-refractivity contribution < 1.29 is 14.7 Å². The summed E-state index contributed by atoms with van der Waals surface area (Å²) < 4.78 is 0. The average molecular weight is 285 g/mol. The zero-order valence-electron chi connectivity index (χ0n) is 12.7. The van der Waals surface area contributed by atoms with Crippen LogP contribution in [0.5, 0.6) is 0 Å². The number of rotatable bonds is 6. The topological polar surface area (TPSA) is 81.7 Å². The Morgan fingerprint density at radius 3 is 2.40 bits per heavy atom. The fourth-order valence-corrected chi connectivity index (χ4v) is 2.61. The molecule has 0 unspecified atom stereocenters. The molecule has 1 heterocycles. The Morgan fingerprint density at radius 2 is 1.95 bits per heavy atom. The summed E-state index contributed by atoms with van der Waals surface area (Å²) >= 11 is 0. The Kier molecular flexibility index (Phi) is 6.78. The third-order valence-electron chi connectivity index (χ3n) is 3.65. The lowest BCUT2D eigenvalue weighted by atomic mass is 10.0. The van der Waals surface area contributed by atoms with Gasteiger partial charge in [0.15, 0.2) is 0 Å². The Labute approximate surface area is 120 Å². The van der Waals surface area contributed by atoms with E-state index in [1.165, 1.54) is 0 Å². The predicted octanol–water partition coefficient (Wildman–Crippen LogP) is 1.27. The zero-order valence-corrected chi connectivity index (χ0v) is 12.7. The summed E-state index contributed by atoms with van der Waals surface area (Å²) in [6.45, 7) is 8.24. The van der Waals surface area contributed by atoms with Gasteiger partial charge in [-0.05, 0) is 45.2 Å². The van der Waals surface area contributed by atoms with Gasteiger partial charge in [0.1, 0.15) is 6.04 Å². The quantitative estimate of drug-likeness (QED) is 0.686. The van der Waals surface area contributed by atoms with Crippen LogP contribution in [0.25, 0.3) is 0 Å². The first-order valence-corrected chi connectivity index (χ1v) is 7.46. The monoisotopic (exact) mass is 285 g/mol. The molecule has 0 spiro atoms. The van der Waals surface area contributed by atoms with Crippen LogP contribution in [0.15, 0.2) is 0 Å². The van der Waals surface area contributed by atoms with Gasteiger partial charge in [-0.2, -0.15) is 0 Å². The highest BCUT2D eigenvalue weighted by molar-refractivity contribution is 5.82. The van der Waals surface area contributed by atoms with Crippen LogP contribution in [0.4, 0.5) is 4.79 Å². The van der Waals surface area contributed by atoms with Crippen molar-refractivity contribution in [1.29, 1.82) is 0 Å². The first-order valence-electron chi connectivity index (χ1n) is 7.46. The number of carboxylic acids is 1. The number of urea groups is 1. The molecule has 0 aliphatic carbocycles. The SMILES string of the molecule is CCN(C(=O)N[C@@H](CC(C)C)C(=O)O)C1CCNCC1. The summed E-state index contributed by atoms with van der Waals surface area (Å²) in [6.07, 6.45) is 2.29. The third kappa shape index (κ3) is 5.00. The molecule has 0 aromatic carbocycles. The number of aliphatic carboxylic acids is 1. The number of hydrogen-bond acceptors (Lipinski definition) is 3. The van der Waals surface area contributed by atoms with E-state index in [9.17, 15) is 14.7 Å². The molecule has 0 saturated carbocycles. The largest absolute Gasteiger partial charge is 0.480 e. The Bertz CT molecular complexity index is 328. The fourth-order valence-electron chi connectivity index (χ4n) is 2.61. The number of nitrogens with zero attached hydrogens (tertiary/aromatic N) is 1. The van der Waals surface area contributed by atoms with Crippen LogP contribution in [0, 0.1) is 5.92 Å². The van der Waals surface area contributed by atoms with Crippen molar-refractivity contribution in [1.82, 2.24) is 15.5 Å². The molecular formula is C14H27N3O3. The van der Waals surface area contributed by atoms with Gasteiger partial charge in [0.25, 0.3) is 0 Å². The maximum absolute atomic E-state index is 12.3. The zero-order chi connectivity index (χ0) is 15.1. The Hall–Kier alpha value is -1.30. The van der Waals surface area contributed by atoms with Crippen molar-refractivity contribution >= 4 is 12.0 Å². The number of hydrogen-bond donors (Lipinski definition) is 3. The molecule has 6 heteroatoms. The number of carbonyl (C=O) groups excluding carboxylic acids is 1. The minimum Gasteiger partial charge on any atom is -0.480 e. The summed E-state index contributed by atoms with van der Waals surface area (Å²) in [5.74, 6) is -0.737. The second-order valence-electron chi connectivity index (χ2n) is 5.74. The molecular weight excluding hydrogens is 258 g/mol. The second kappa shape index (κ2) is 8.09. The lowest BCUT2D eigenvalue weighted by Gasteiger charge is -2.34. The van der Waals surface area contributed by atoms with Crippen LogP contribution in [0.3, 0.4) is 0 Å². The summed E-state index contributed by atoms with van der Waals surface area (Å²) in [4.78, 5) is 25.3. The minimum absolute atomic E-state index is 0.203. The fraction of sp³-hybridized carbons (Fsp3) is 0.857. The van der Waals surface area contributed by atoms with Crippen molar-refractivity contribution in [3.05, 3.63) is 0 Å². The highest BCUT2D eigenvalue weighted by atomic mass is 16.4. The molecule has 0 radical (unpaired) electrons. The molecule has 0 aromatic rings. The predicted molar refractivity (Wildman–Crippen MR) is 77.7 cm³/mol. The number of carboxylic acid groups (broad SMARTS) is 1. The van der Waals surface area contributed by atoms with Crippen molar-refractivity contribution in [3.8, 4) is 0 Å². The van der Waals surface area contributed by atoms with Crippen molar-refractivity contribution in [3.63, 3.8) is 0 Å². The van der Waals surface area contributed by atoms with Gasteiger partial charge in [-0.3, -0.25) is 0 Å². The van der Waals surface area contributed by atoms with E-state index in [2.05, 4.69) is 10.6 Å². The molecule has 20 heavy (non-hydrogen) atoms. The lowest BCUT2D eigenvalue weighted by Crippen LogP contribution is -2.53. The third-order valence-corrected chi connectivity index (χ3v) is 3.65. The first-order chi connectivity index (χ1) is 9.45. The molecule has 6 nitrogen and oxygen atoms in total. The highest BCUT2D eigenvalue weighted by Gasteiger charge is 2.28. The van der Waals surface area contributed by atoms with Crippen LogP contribution in [-0.4, -0.2) is 53.7 Å². The maximum atomic E-state index is 12.3. The molecule has 1 aliphatic rings. The van der Waals surface area contributed by atoms with E-state index >= 15 is 0 Å². The van der Waals surface area contributed by atoms with E-state index in [1.807, 2.05) is 20.8 Å². The Morgan fingerprint density at radius 1 is 1.35 bits per heavy atom. The van der Waals surface area contributed by atoms with E-state index in [0.717, 1.165) is 25.9 Å². The summed E-state index contributed by atoms with van der Waals surface area (Å²) in [5.41, 5.74) is 0. The standard InChI is InChI=1S/C14H27N3O3/c1-4-17(11-5-7-15-8-6-11)14(20)16-12(13(18)19)9-10(2)3/h10-12,15H,4-9H2,1-3H3,(H,16,20)(H,18,19)/t12-/m0/s1. The van der Waals surface area contributed by atoms with Crippen molar-refractivity contribution in [2.24, 2.45) is 5.92 Å². The number of piperidine rings is 1. The molecule has 0 bridgehead atoms. The molecule has 1 rings (SSSR count). The van der Waals surface area contributed by atoms with Crippen LogP contribution >= 0.6 is 0 Å². The van der Waals surface area contributed by atoms with E-state index < -0.39 is 12.0 Å². The molecule has 1 saturated heterocycles. The van der Waals surface area contributed by atoms with Crippen molar-refractivity contribution in [2.45, 2.75) is 52.1 Å². The molecule has 1 atom stereocenters. The average Bonchev–Trinajstić information content (AvgIpc) is 2.39. The molecule has 3 N–H and O–H groups in total. The molecule has 1 fully saturated rings. The van der Waals surface area contributed by atoms with Gasteiger partial charge < -0.3 is 20.6 Å². The summed E-state index contributed by atoms with van der Waals surface area (Å²) in [7, 11) is 0. The van der Waals surface area contributed by atoms with E-state index in [1.54, 1.807) is 4.90 Å². The maximum Gasteiger partial charge on any atom is 0.326 e. The number of nitrogens with one attached hydrogen (secondary N) is 2. The number of amides is 2. The second-order valence-corrected chi connectivity index (χ2v) is 5.74.